The Hall–Kier alpha value is -3.36. The summed E-state index contributed by atoms with van der Waals surface area (Å²) in [5, 5.41) is 0. The second-order valence-electron chi connectivity index (χ2n) is 7.09. The Labute approximate surface area is 162 Å². The van der Waals surface area contributed by atoms with E-state index in [-0.39, 0.29) is 11.9 Å². The maximum absolute atomic E-state index is 12.8. The van der Waals surface area contributed by atoms with Crippen LogP contribution in [0, 0.1) is 0 Å². The number of hydrogen-bond donors (Lipinski definition) is 0. The molecule has 0 radical (unpaired) electrons. The molecule has 3 aromatic heterocycles. The summed E-state index contributed by atoms with van der Waals surface area (Å²) in [6.45, 7) is 2.04. The highest BCUT2D eigenvalue weighted by Crippen LogP contribution is 2.41. The zero-order chi connectivity index (χ0) is 19.3. The van der Waals surface area contributed by atoms with Gasteiger partial charge in [0.1, 0.15) is 23.9 Å². The van der Waals surface area contributed by atoms with E-state index < -0.39 is 0 Å². The van der Waals surface area contributed by atoms with Crippen LogP contribution in [0.25, 0.3) is 17.3 Å². The van der Waals surface area contributed by atoms with Crippen LogP contribution in [-0.2, 0) is 4.79 Å². The van der Waals surface area contributed by atoms with Crippen molar-refractivity contribution in [1.29, 1.82) is 0 Å². The fourth-order valence-electron chi connectivity index (χ4n) is 3.75. The summed E-state index contributed by atoms with van der Waals surface area (Å²) in [6.07, 6.45) is 13.1. The van der Waals surface area contributed by atoms with Gasteiger partial charge in [-0.15, -0.1) is 0 Å². The minimum Gasteiger partial charge on any atom is -0.340 e. The number of carbonyl (C=O) groups excluding carboxylic acids is 1. The number of rotatable bonds is 4. The number of hydrogen-bond acceptors (Lipinski definition) is 7. The number of aromatic nitrogens is 6. The zero-order valence-corrected chi connectivity index (χ0v) is 15.7. The van der Waals surface area contributed by atoms with Crippen LogP contribution in [0.3, 0.4) is 0 Å². The Kier molecular flexibility index (Phi) is 3.81. The predicted molar refractivity (Wildman–Crippen MR) is 103 cm³/mol. The van der Waals surface area contributed by atoms with Crippen molar-refractivity contribution >= 4 is 17.4 Å². The summed E-state index contributed by atoms with van der Waals surface area (Å²) in [5.41, 5.74) is 1.53. The van der Waals surface area contributed by atoms with Crippen molar-refractivity contribution in [3.05, 3.63) is 37.3 Å². The van der Waals surface area contributed by atoms with Crippen LogP contribution in [-0.4, -0.2) is 54.5 Å². The lowest BCUT2D eigenvalue weighted by Crippen LogP contribution is -2.53. The van der Waals surface area contributed by atoms with Gasteiger partial charge in [0.05, 0.1) is 11.8 Å². The maximum atomic E-state index is 12.8. The lowest BCUT2D eigenvalue weighted by Gasteiger charge is -2.40. The van der Waals surface area contributed by atoms with E-state index >= 15 is 0 Å². The van der Waals surface area contributed by atoms with Gasteiger partial charge in [-0.3, -0.25) is 9.36 Å². The van der Waals surface area contributed by atoms with Crippen molar-refractivity contribution in [2.45, 2.75) is 38.3 Å². The van der Waals surface area contributed by atoms with Crippen LogP contribution in [0.1, 0.15) is 26.2 Å². The lowest BCUT2D eigenvalue weighted by atomic mass is 10.1. The van der Waals surface area contributed by atoms with Crippen LogP contribution >= 0.6 is 0 Å². The number of amides is 1. The molecule has 0 aromatic carbocycles. The van der Waals surface area contributed by atoms with Gasteiger partial charge in [-0.25, -0.2) is 19.9 Å². The Morgan fingerprint density at radius 1 is 1.14 bits per heavy atom. The smallest absolute Gasteiger partial charge is 0.249 e. The Bertz CT molecular complexity index is 1030. The zero-order valence-electron chi connectivity index (χ0n) is 15.7. The highest BCUT2D eigenvalue weighted by molar-refractivity contribution is 6.04. The van der Waals surface area contributed by atoms with Crippen LogP contribution < -0.4 is 9.80 Å². The first-order valence-corrected chi connectivity index (χ1v) is 9.41. The van der Waals surface area contributed by atoms with E-state index in [0.29, 0.717) is 17.8 Å². The largest absolute Gasteiger partial charge is 0.340 e. The minimum absolute atomic E-state index is 0.100. The molecule has 1 aliphatic heterocycles. The van der Waals surface area contributed by atoms with E-state index in [9.17, 15) is 4.79 Å². The molecule has 1 saturated carbocycles. The van der Waals surface area contributed by atoms with Crippen molar-refractivity contribution in [3.8, 4) is 17.3 Å². The summed E-state index contributed by atoms with van der Waals surface area (Å²) in [4.78, 5) is 38.6. The topological polar surface area (TPSA) is 92.9 Å². The Morgan fingerprint density at radius 2 is 1.93 bits per heavy atom. The van der Waals surface area contributed by atoms with Gasteiger partial charge < -0.3 is 9.80 Å². The molecule has 9 nitrogen and oxygen atoms in total. The average molecular weight is 376 g/mol. The van der Waals surface area contributed by atoms with Gasteiger partial charge in [0.25, 0.3) is 0 Å². The molecule has 0 N–H and O–H groups in total. The summed E-state index contributed by atoms with van der Waals surface area (Å²) in [7, 11) is 1.79. The molecule has 4 heterocycles. The van der Waals surface area contributed by atoms with Crippen LogP contribution in [0.5, 0.6) is 0 Å². The molecule has 28 heavy (non-hydrogen) atoms. The monoisotopic (exact) mass is 376 g/mol. The van der Waals surface area contributed by atoms with Gasteiger partial charge in [-0.1, -0.05) is 6.92 Å². The third-order valence-electron chi connectivity index (χ3n) is 5.30. The van der Waals surface area contributed by atoms with E-state index in [2.05, 4.69) is 24.8 Å². The molecule has 1 unspecified atom stereocenters. The molecule has 9 heteroatoms. The quantitative estimate of drug-likeness (QED) is 0.686. The minimum atomic E-state index is -0.183. The van der Waals surface area contributed by atoms with Gasteiger partial charge in [0.15, 0.2) is 5.82 Å². The third-order valence-corrected chi connectivity index (χ3v) is 5.30. The maximum Gasteiger partial charge on any atom is 0.249 e. The van der Waals surface area contributed by atoms with E-state index in [0.717, 1.165) is 36.3 Å². The molecule has 2 aliphatic rings. The van der Waals surface area contributed by atoms with E-state index in [1.807, 2.05) is 17.7 Å². The fourth-order valence-corrected chi connectivity index (χ4v) is 3.75. The number of nitrogens with zero attached hydrogens (tertiary/aromatic N) is 8. The molecule has 1 fully saturated rings. The van der Waals surface area contributed by atoms with E-state index in [1.54, 1.807) is 36.7 Å². The van der Waals surface area contributed by atoms with Gasteiger partial charge in [0, 0.05) is 37.9 Å². The van der Waals surface area contributed by atoms with E-state index in [1.165, 1.54) is 6.33 Å². The molecule has 3 aromatic rings. The first kappa shape index (κ1) is 16.8. The summed E-state index contributed by atoms with van der Waals surface area (Å²) < 4.78 is 1.82. The first-order chi connectivity index (χ1) is 13.7. The molecule has 0 spiro atoms. The number of anilines is 2. The molecule has 0 saturated heterocycles. The average Bonchev–Trinajstić information content (AvgIpc) is 3.45. The van der Waals surface area contributed by atoms with Gasteiger partial charge in [-0.05, 0) is 19.3 Å². The number of imidazole rings is 1. The number of likely N-dealkylation sites (N-methyl/N-ethyl adjacent to an activating group) is 1. The van der Waals surface area contributed by atoms with E-state index in [4.69, 9.17) is 4.98 Å². The highest BCUT2D eigenvalue weighted by Gasteiger charge is 2.44. The summed E-state index contributed by atoms with van der Waals surface area (Å²) in [6, 6.07) is 0.186. The Morgan fingerprint density at radius 3 is 2.64 bits per heavy atom. The molecule has 1 amide bonds. The molecule has 142 valence electrons. The van der Waals surface area contributed by atoms with Crippen LogP contribution in [0.4, 0.5) is 11.5 Å². The van der Waals surface area contributed by atoms with Crippen molar-refractivity contribution < 1.29 is 4.79 Å². The Balaban J connectivity index is 1.63. The molecule has 1 atom stereocenters. The van der Waals surface area contributed by atoms with Gasteiger partial charge in [-0.2, -0.15) is 4.98 Å². The van der Waals surface area contributed by atoms with Gasteiger partial charge >= 0.3 is 0 Å². The SMILES string of the molecule is CCC1C(=O)N(C)c2cnc(-n3ccnc3-c3cncnc3)nc2N1C1CC1. The lowest BCUT2D eigenvalue weighted by molar-refractivity contribution is -0.120. The van der Waals surface area contributed by atoms with Crippen molar-refractivity contribution in [2.24, 2.45) is 0 Å². The van der Waals surface area contributed by atoms with Crippen molar-refractivity contribution in [2.75, 3.05) is 16.8 Å². The molecule has 0 bridgehead atoms. The molecular formula is C19H20N8O. The van der Waals surface area contributed by atoms with Crippen LogP contribution in [0.2, 0.25) is 0 Å². The van der Waals surface area contributed by atoms with Crippen molar-refractivity contribution in [1.82, 2.24) is 29.5 Å². The highest BCUT2D eigenvalue weighted by atomic mass is 16.2. The second kappa shape index (κ2) is 6.36. The first-order valence-electron chi connectivity index (χ1n) is 9.41. The fraction of sp³-hybridized carbons (Fsp3) is 0.368. The standard InChI is InChI=1S/C19H20N8O/c1-3-14-18(28)25(2)15-10-23-19(24-17(15)27(14)13-4-5-13)26-7-6-22-16(26)12-8-20-11-21-9-12/h6-11,13-14H,3-5H2,1-2H3. The predicted octanol–water partition coefficient (Wildman–Crippen LogP) is 1.84. The summed E-state index contributed by atoms with van der Waals surface area (Å²) >= 11 is 0. The number of fused-ring (bicyclic) bond motifs is 1. The molecule has 1 aliphatic carbocycles. The molecule has 5 rings (SSSR count). The molecular weight excluding hydrogens is 356 g/mol. The third kappa shape index (κ3) is 2.54. The second-order valence-corrected chi connectivity index (χ2v) is 7.09. The normalized spacial score (nSPS) is 19.1. The van der Waals surface area contributed by atoms with Gasteiger partial charge in [0.2, 0.25) is 11.9 Å². The summed E-state index contributed by atoms with van der Waals surface area (Å²) in [5.74, 6) is 2.09. The van der Waals surface area contributed by atoms with Crippen LogP contribution in [0.15, 0.2) is 37.3 Å². The van der Waals surface area contributed by atoms with Crippen molar-refractivity contribution in [3.63, 3.8) is 0 Å². The number of carbonyl (C=O) groups is 1.